The van der Waals surface area contributed by atoms with Crippen LogP contribution in [-0.2, 0) is 11.2 Å². The van der Waals surface area contributed by atoms with Gasteiger partial charge in [-0.3, -0.25) is 4.90 Å². The van der Waals surface area contributed by atoms with Crippen LogP contribution in [0.2, 0.25) is 0 Å². The maximum absolute atomic E-state index is 10.9. The molecule has 1 aliphatic rings. The van der Waals surface area contributed by atoms with Crippen molar-refractivity contribution in [2.24, 2.45) is 0 Å². The van der Waals surface area contributed by atoms with E-state index < -0.39 is 5.97 Å². The third-order valence-corrected chi connectivity index (χ3v) is 4.62. The number of hydrogen-bond acceptors (Lipinski definition) is 3. The first-order chi connectivity index (χ1) is 11.6. The van der Waals surface area contributed by atoms with Gasteiger partial charge in [-0.15, -0.1) is 0 Å². The van der Waals surface area contributed by atoms with Gasteiger partial charge in [0.15, 0.2) is 0 Å². The molecular formula is C20H23NO3. The van der Waals surface area contributed by atoms with E-state index in [1.165, 1.54) is 5.56 Å². The monoisotopic (exact) mass is 325 g/mol. The first-order valence-electron chi connectivity index (χ1n) is 8.36. The molecule has 1 fully saturated rings. The molecule has 1 heterocycles. The van der Waals surface area contributed by atoms with Crippen LogP contribution in [0.1, 0.15) is 34.5 Å². The molecule has 0 aromatic heterocycles. The Morgan fingerprint density at radius 3 is 2.58 bits per heavy atom. The molecule has 4 heteroatoms. The average Bonchev–Trinajstić information content (AvgIpc) is 2.63. The number of hydrogen-bond donors (Lipinski definition) is 1. The molecular weight excluding hydrogens is 302 g/mol. The Balaban J connectivity index is 1.62. The molecule has 2 atom stereocenters. The van der Waals surface area contributed by atoms with Crippen molar-refractivity contribution >= 4 is 5.97 Å². The number of rotatable bonds is 5. The lowest BCUT2D eigenvalue weighted by atomic mass is 10.0. The van der Waals surface area contributed by atoms with Crippen molar-refractivity contribution in [3.63, 3.8) is 0 Å². The Morgan fingerprint density at radius 2 is 1.92 bits per heavy atom. The number of carboxylic acids is 1. The third kappa shape index (κ3) is 4.02. The number of benzene rings is 2. The van der Waals surface area contributed by atoms with Crippen molar-refractivity contribution in [2.75, 3.05) is 19.7 Å². The van der Waals surface area contributed by atoms with Gasteiger partial charge in [0.1, 0.15) is 0 Å². The van der Waals surface area contributed by atoms with Crippen molar-refractivity contribution in [1.29, 1.82) is 0 Å². The summed E-state index contributed by atoms with van der Waals surface area (Å²) in [6.45, 7) is 4.77. The van der Waals surface area contributed by atoms with Crippen molar-refractivity contribution < 1.29 is 14.6 Å². The molecule has 1 saturated heterocycles. The number of carboxylic acid groups (broad SMARTS) is 1. The van der Waals surface area contributed by atoms with Gasteiger partial charge in [0.05, 0.1) is 18.3 Å². The fourth-order valence-electron chi connectivity index (χ4n) is 3.19. The molecule has 0 spiro atoms. The van der Waals surface area contributed by atoms with Crippen LogP contribution in [-0.4, -0.2) is 41.7 Å². The SMILES string of the molecule is CC(Cc1ccc(C(=O)O)cc1)N1CCOC(c2ccccc2)C1. The molecule has 2 unspecified atom stereocenters. The zero-order chi connectivity index (χ0) is 16.9. The van der Waals surface area contributed by atoms with Gasteiger partial charge < -0.3 is 9.84 Å². The van der Waals surface area contributed by atoms with Gasteiger partial charge in [-0.2, -0.15) is 0 Å². The normalized spacial score (nSPS) is 19.8. The molecule has 2 aromatic rings. The van der Waals surface area contributed by atoms with E-state index in [2.05, 4.69) is 24.0 Å². The summed E-state index contributed by atoms with van der Waals surface area (Å²) >= 11 is 0. The molecule has 2 aromatic carbocycles. The maximum Gasteiger partial charge on any atom is 0.335 e. The van der Waals surface area contributed by atoms with Crippen LogP contribution in [0.25, 0.3) is 0 Å². The van der Waals surface area contributed by atoms with Gasteiger partial charge >= 0.3 is 5.97 Å². The Kier molecular flexibility index (Phi) is 5.28. The number of morpholine rings is 1. The molecule has 0 saturated carbocycles. The van der Waals surface area contributed by atoms with Crippen molar-refractivity contribution in [3.8, 4) is 0 Å². The average molecular weight is 325 g/mol. The lowest BCUT2D eigenvalue weighted by molar-refractivity contribution is -0.0424. The summed E-state index contributed by atoms with van der Waals surface area (Å²) in [5.41, 5.74) is 2.72. The van der Waals surface area contributed by atoms with Crippen LogP contribution in [0.3, 0.4) is 0 Å². The second kappa shape index (κ2) is 7.60. The largest absolute Gasteiger partial charge is 0.478 e. The van der Waals surface area contributed by atoms with Crippen molar-refractivity contribution in [1.82, 2.24) is 4.90 Å². The van der Waals surface area contributed by atoms with Gasteiger partial charge in [0.25, 0.3) is 0 Å². The Bertz CT molecular complexity index is 669. The van der Waals surface area contributed by atoms with Gasteiger partial charge in [-0.05, 0) is 36.6 Å². The van der Waals surface area contributed by atoms with E-state index in [4.69, 9.17) is 9.84 Å². The minimum absolute atomic E-state index is 0.122. The summed E-state index contributed by atoms with van der Waals surface area (Å²) in [5, 5.41) is 8.98. The van der Waals surface area contributed by atoms with Crippen LogP contribution >= 0.6 is 0 Å². The van der Waals surface area contributed by atoms with Gasteiger partial charge in [-0.1, -0.05) is 42.5 Å². The quantitative estimate of drug-likeness (QED) is 0.915. The van der Waals surface area contributed by atoms with Crippen LogP contribution in [0.4, 0.5) is 0 Å². The van der Waals surface area contributed by atoms with E-state index in [1.54, 1.807) is 12.1 Å². The van der Waals surface area contributed by atoms with Crippen LogP contribution < -0.4 is 0 Å². The fraction of sp³-hybridized carbons (Fsp3) is 0.350. The summed E-state index contributed by atoms with van der Waals surface area (Å²) in [6.07, 6.45) is 1.03. The molecule has 0 bridgehead atoms. The van der Waals surface area contributed by atoms with E-state index in [9.17, 15) is 4.79 Å². The van der Waals surface area contributed by atoms with Crippen LogP contribution in [0.15, 0.2) is 54.6 Å². The second-order valence-corrected chi connectivity index (χ2v) is 6.32. The molecule has 126 valence electrons. The standard InChI is InChI=1S/C20H23NO3/c1-15(13-16-7-9-18(10-8-16)20(22)23)21-11-12-24-19(14-21)17-5-3-2-4-6-17/h2-10,15,19H,11-14H2,1H3,(H,22,23). The minimum Gasteiger partial charge on any atom is -0.478 e. The van der Waals surface area contributed by atoms with E-state index in [0.29, 0.717) is 11.6 Å². The molecule has 1 aliphatic heterocycles. The van der Waals surface area contributed by atoms with Crippen LogP contribution in [0.5, 0.6) is 0 Å². The van der Waals surface area contributed by atoms with Crippen LogP contribution in [0, 0.1) is 0 Å². The summed E-state index contributed by atoms with van der Waals surface area (Å²) in [6, 6.07) is 17.9. The van der Waals surface area contributed by atoms with Crippen molar-refractivity contribution in [2.45, 2.75) is 25.5 Å². The first kappa shape index (κ1) is 16.7. The van der Waals surface area contributed by atoms with E-state index in [0.717, 1.165) is 31.7 Å². The highest BCUT2D eigenvalue weighted by Gasteiger charge is 2.25. The number of nitrogens with zero attached hydrogens (tertiary/aromatic N) is 1. The van der Waals surface area contributed by atoms with E-state index in [-0.39, 0.29) is 6.10 Å². The van der Waals surface area contributed by atoms with E-state index >= 15 is 0 Å². The second-order valence-electron chi connectivity index (χ2n) is 6.32. The smallest absolute Gasteiger partial charge is 0.335 e. The number of aromatic carboxylic acids is 1. The molecule has 1 N–H and O–H groups in total. The Morgan fingerprint density at radius 1 is 1.21 bits per heavy atom. The first-order valence-corrected chi connectivity index (χ1v) is 8.36. The molecule has 4 nitrogen and oxygen atoms in total. The summed E-state index contributed by atoms with van der Waals surface area (Å²) < 4.78 is 5.93. The summed E-state index contributed by atoms with van der Waals surface area (Å²) in [7, 11) is 0. The summed E-state index contributed by atoms with van der Waals surface area (Å²) in [4.78, 5) is 13.4. The zero-order valence-corrected chi connectivity index (χ0v) is 13.9. The molecule has 3 rings (SSSR count). The third-order valence-electron chi connectivity index (χ3n) is 4.62. The fourth-order valence-corrected chi connectivity index (χ4v) is 3.19. The number of carbonyl (C=O) groups is 1. The topological polar surface area (TPSA) is 49.8 Å². The van der Waals surface area contributed by atoms with Gasteiger partial charge in [-0.25, -0.2) is 4.79 Å². The van der Waals surface area contributed by atoms with Crippen molar-refractivity contribution in [3.05, 3.63) is 71.3 Å². The lowest BCUT2D eigenvalue weighted by Crippen LogP contribution is -2.44. The van der Waals surface area contributed by atoms with Gasteiger partial charge in [0.2, 0.25) is 0 Å². The lowest BCUT2D eigenvalue weighted by Gasteiger charge is -2.37. The number of ether oxygens (including phenoxy) is 1. The molecule has 0 amide bonds. The predicted molar refractivity (Wildman–Crippen MR) is 93.3 cm³/mol. The molecule has 24 heavy (non-hydrogen) atoms. The Labute approximate surface area is 142 Å². The minimum atomic E-state index is -0.881. The van der Waals surface area contributed by atoms with E-state index in [1.807, 2.05) is 30.3 Å². The maximum atomic E-state index is 10.9. The van der Waals surface area contributed by atoms with Gasteiger partial charge in [0, 0.05) is 19.1 Å². The molecule has 0 radical (unpaired) electrons. The zero-order valence-electron chi connectivity index (χ0n) is 13.9. The molecule has 0 aliphatic carbocycles. The highest BCUT2D eigenvalue weighted by molar-refractivity contribution is 5.87. The Hall–Kier alpha value is -2.17. The highest BCUT2D eigenvalue weighted by atomic mass is 16.5. The highest BCUT2D eigenvalue weighted by Crippen LogP contribution is 2.24. The summed E-state index contributed by atoms with van der Waals surface area (Å²) in [5.74, 6) is -0.881. The predicted octanol–water partition coefficient (Wildman–Crippen LogP) is 3.39.